The van der Waals surface area contributed by atoms with Crippen molar-refractivity contribution in [2.75, 3.05) is 19.7 Å². The molecule has 1 aliphatic carbocycles. The molecule has 1 aromatic heterocycles. The zero-order chi connectivity index (χ0) is 12.6. The minimum absolute atomic E-state index is 0.492. The number of hydrogen-bond acceptors (Lipinski definition) is 3. The zero-order valence-electron chi connectivity index (χ0n) is 11.3. The van der Waals surface area contributed by atoms with Crippen molar-refractivity contribution in [2.45, 2.75) is 45.3 Å². The molecule has 0 bridgehead atoms. The van der Waals surface area contributed by atoms with Gasteiger partial charge in [-0.05, 0) is 24.8 Å². The minimum Gasteiger partial charge on any atom is -0.377 e. The topological polar surface area (TPSA) is 39.1 Å². The van der Waals surface area contributed by atoms with Gasteiger partial charge in [0.05, 0.1) is 19.3 Å². The molecule has 1 heterocycles. The van der Waals surface area contributed by atoms with Gasteiger partial charge >= 0.3 is 0 Å². The molecule has 0 aliphatic heterocycles. The number of rotatable bonds is 7. The van der Waals surface area contributed by atoms with Crippen molar-refractivity contribution in [3.63, 3.8) is 0 Å². The summed E-state index contributed by atoms with van der Waals surface area (Å²) >= 11 is 0. The summed E-state index contributed by atoms with van der Waals surface area (Å²) in [4.78, 5) is 0. The van der Waals surface area contributed by atoms with E-state index in [2.05, 4.69) is 17.3 Å². The molecular weight excluding hydrogens is 226 g/mol. The summed E-state index contributed by atoms with van der Waals surface area (Å²) in [5.41, 5.74) is 0. The first-order valence-corrected chi connectivity index (χ1v) is 7.16. The highest BCUT2D eigenvalue weighted by Crippen LogP contribution is 2.25. The van der Waals surface area contributed by atoms with Crippen LogP contribution in [0, 0.1) is 5.92 Å². The Kier molecular flexibility index (Phi) is 5.68. The molecule has 0 unspecified atom stereocenters. The van der Waals surface area contributed by atoms with E-state index in [-0.39, 0.29) is 0 Å². The van der Waals surface area contributed by atoms with Crippen LogP contribution >= 0.6 is 0 Å². The molecule has 4 nitrogen and oxygen atoms in total. The Balaban J connectivity index is 1.48. The number of hydrogen-bond donors (Lipinski definition) is 1. The van der Waals surface area contributed by atoms with E-state index in [1.165, 1.54) is 25.7 Å². The predicted molar refractivity (Wildman–Crippen MR) is 72.5 cm³/mol. The smallest absolute Gasteiger partial charge is 0.0601 e. The van der Waals surface area contributed by atoms with Crippen LogP contribution in [-0.4, -0.2) is 35.6 Å². The molecule has 0 radical (unpaired) electrons. The lowest BCUT2D eigenvalue weighted by atomic mass is 9.88. The van der Waals surface area contributed by atoms with Crippen LogP contribution in [0.15, 0.2) is 18.5 Å². The number of nitrogens with zero attached hydrogens (tertiary/aromatic N) is 2. The molecule has 1 fully saturated rings. The molecule has 1 aromatic rings. The van der Waals surface area contributed by atoms with Gasteiger partial charge < -0.3 is 10.1 Å². The molecule has 1 N–H and O–H groups in total. The summed E-state index contributed by atoms with van der Waals surface area (Å²) in [6, 6.07) is 1.95. The van der Waals surface area contributed by atoms with Gasteiger partial charge in [-0.25, -0.2) is 0 Å². The number of nitrogens with one attached hydrogen (secondary N) is 1. The van der Waals surface area contributed by atoms with Gasteiger partial charge in [-0.1, -0.05) is 19.8 Å². The maximum Gasteiger partial charge on any atom is 0.0601 e. The fraction of sp³-hybridized carbons (Fsp3) is 0.786. The zero-order valence-corrected chi connectivity index (χ0v) is 11.3. The molecule has 1 saturated carbocycles. The predicted octanol–water partition coefficient (Wildman–Crippen LogP) is 2.07. The fourth-order valence-corrected chi connectivity index (χ4v) is 2.56. The van der Waals surface area contributed by atoms with Crippen LogP contribution in [-0.2, 0) is 11.3 Å². The Morgan fingerprint density at radius 1 is 1.33 bits per heavy atom. The van der Waals surface area contributed by atoms with Crippen molar-refractivity contribution in [3.8, 4) is 0 Å². The molecule has 0 aromatic carbocycles. The summed E-state index contributed by atoms with van der Waals surface area (Å²) < 4.78 is 7.89. The van der Waals surface area contributed by atoms with Gasteiger partial charge in [-0.2, -0.15) is 5.10 Å². The monoisotopic (exact) mass is 251 g/mol. The van der Waals surface area contributed by atoms with Crippen LogP contribution < -0.4 is 5.32 Å². The molecule has 0 spiro atoms. The second-order valence-electron chi connectivity index (χ2n) is 5.19. The van der Waals surface area contributed by atoms with Crippen LogP contribution in [0.3, 0.4) is 0 Å². The van der Waals surface area contributed by atoms with E-state index < -0.39 is 0 Å². The summed E-state index contributed by atoms with van der Waals surface area (Å²) in [7, 11) is 0. The average Bonchev–Trinajstić information content (AvgIpc) is 2.89. The van der Waals surface area contributed by atoms with Crippen molar-refractivity contribution >= 4 is 0 Å². The standard InChI is InChI=1S/C14H25N3O/c1-13-5-2-3-6-14(13)18-12-9-15-8-11-17-10-4-7-16-17/h4,7,10,13-15H,2-3,5-6,8-9,11-12H2,1H3/t13-,14-/m1/s1. The lowest BCUT2D eigenvalue weighted by molar-refractivity contribution is -0.00314. The summed E-state index contributed by atoms with van der Waals surface area (Å²) in [5, 5.41) is 7.56. The van der Waals surface area contributed by atoms with Crippen LogP contribution in [0.2, 0.25) is 0 Å². The molecule has 2 rings (SSSR count). The Morgan fingerprint density at radius 3 is 3.00 bits per heavy atom. The highest BCUT2D eigenvalue weighted by Gasteiger charge is 2.21. The molecule has 4 heteroatoms. The third-order valence-electron chi connectivity index (χ3n) is 3.72. The van der Waals surface area contributed by atoms with E-state index in [1.807, 2.05) is 23.1 Å². The van der Waals surface area contributed by atoms with Crippen molar-refractivity contribution in [1.82, 2.24) is 15.1 Å². The molecule has 0 saturated heterocycles. The van der Waals surface area contributed by atoms with Gasteiger partial charge in [0.25, 0.3) is 0 Å². The fourth-order valence-electron chi connectivity index (χ4n) is 2.56. The first kappa shape index (κ1) is 13.6. The van der Waals surface area contributed by atoms with Crippen LogP contribution in [0.25, 0.3) is 0 Å². The molecule has 2 atom stereocenters. The normalized spacial score (nSPS) is 24.3. The van der Waals surface area contributed by atoms with Crippen LogP contribution in [0.5, 0.6) is 0 Å². The molecule has 102 valence electrons. The highest BCUT2D eigenvalue weighted by molar-refractivity contribution is 4.77. The number of ether oxygens (including phenoxy) is 1. The minimum atomic E-state index is 0.492. The van der Waals surface area contributed by atoms with Crippen molar-refractivity contribution in [1.29, 1.82) is 0 Å². The van der Waals surface area contributed by atoms with E-state index in [9.17, 15) is 0 Å². The Bertz CT molecular complexity index is 313. The van der Waals surface area contributed by atoms with Gasteiger partial charge in [-0.3, -0.25) is 4.68 Å². The molecule has 18 heavy (non-hydrogen) atoms. The lowest BCUT2D eigenvalue weighted by Gasteiger charge is -2.28. The van der Waals surface area contributed by atoms with Gasteiger partial charge in [0, 0.05) is 25.5 Å². The lowest BCUT2D eigenvalue weighted by Crippen LogP contribution is -2.30. The Labute approximate surface area is 110 Å². The highest BCUT2D eigenvalue weighted by atomic mass is 16.5. The first-order chi connectivity index (χ1) is 8.86. The van der Waals surface area contributed by atoms with Gasteiger partial charge in [0.2, 0.25) is 0 Å². The maximum atomic E-state index is 5.95. The summed E-state index contributed by atoms with van der Waals surface area (Å²) in [5.74, 6) is 0.739. The van der Waals surface area contributed by atoms with Crippen molar-refractivity contribution < 1.29 is 4.74 Å². The third-order valence-corrected chi connectivity index (χ3v) is 3.72. The van der Waals surface area contributed by atoms with E-state index in [1.54, 1.807) is 0 Å². The van der Waals surface area contributed by atoms with Gasteiger partial charge in [0.15, 0.2) is 0 Å². The first-order valence-electron chi connectivity index (χ1n) is 7.16. The van der Waals surface area contributed by atoms with Gasteiger partial charge in [-0.15, -0.1) is 0 Å². The average molecular weight is 251 g/mol. The van der Waals surface area contributed by atoms with Crippen LogP contribution in [0.1, 0.15) is 32.6 Å². The molecule has 0 amide bonds. The summed E-state index contributed by atoms with van der Waals surface area (Å²) in [6.45, 7) is 5.95. The largest absolute Gasteiger partial charge is 0.377 e. The van der Waals surface area contributed by atoms with Gasteiger partial charge in [0.1, 0.15) is 0 Å². The molecule has 1 aliphatic rings. The Hall–Kier alpha value is -0.870. The third kappa shape index (κ3) is 4.42. The van der Waals surface area contributed by atoms with Crippen molar-refractivity contribution in [2.24, 2.45) is 5.92 Å². The van der Waals surface area contributed by atoms with E-state index in [4.69, 9.17) is 4.74 Å². The SMILES string of the molecule is C[C@@H]1CCCC[C@H]1OCCNCCn1cccn1. The van der Waals surface area contributed by atoms with Crippen LogP contribution in [0.4, 0.5) is 0 Å². The maximum absolute atomic E-state index is 5.95. The quantitative estimate of drug-likeness (QED) is 0.754. The second-order valence-corrected chi connectivity index (χ2v) is 5.19. The summed E-state index contributed by atoms with van der Waals surface area (Å²) in [6.07, 6.45) is 9.58. The number of aromatic nitrogens is 2. The van der Waals surface area contributed by atoms with E-state index in [0.717, 1.165) is 32.2 Å². The molecular formula is C14H25N3O. The Morgan fingerprint density at radius 2 is 2.22 bits per heavy atom. The second kappa shape index (κ2) is 7.54. The van der Waals surface area contributed by atoms with Crippen molar-refractivity contribution in [3.05, 3.63) is 18.5 Å². The van der Waals surface area contributed by atoms with E-state index >= 15 is 0 Å². The van der Waals surface area contributed by atoms with E-state index in [0.29, 0.717) is 6.10 Å².